The van der Waals surface area contributed by atoms with E-state index in [-0.39, 0.29) is 5.91 Å². The molecule has 0 radical (unpaired) electrons. The lowest BCUT2D eigenvalue weighted by molar-refractivity contribution is -0.123. The Morgan fingerprint density at radius 2 is 2.11 bits per heavy atom. The maximum Gasteiger partial charge on any atom is 0.237 e. The predicted molar refractivity (Wildman–Crippen MR) is 78.5 cm³/mol. The van der Waals surface area contributed by atoms with Crippen molar-refractivity contribution in [2.75, 3.05) is 12.8 Å². The molecule has 1 aromatic rings. The zero-order valence-electron chi connectivity index (χ0n) is 10.3. The number of nitrogens with one attached hydrogen (secondary N) is 1. The largest absolute Gasteiger partial charge is 0.368 e. The van der Waals surface area contributed by atoms with Crippen molar-refractivity contribution in [1.29, 1.82) is 0 Å². The van der Waals surface area contributed by atoms with Crippen LogP contribution in [0.5, 0.6) is 0 Å². The van der Waals surface area contributed by atoms with Gasteiger partial charge in [-0.3, -0.25) is 4.79 Å². The molecule has 100 valence electrons. The fourth-order valence-corrected chi connectivity index (χ4v) is 2.79. The summed E-state index contributed by atoms with van der Waals surface area (Å²) in [6, 6.07) is 5.48. The van der Waals surface area contributed by atoms with Crippen molar-refractivity contribution in [3.8, 4) is 0 Å². The quantitative estimate of drug-likeness (QED) is 0.795. The zero-order valence-corrected chi connectivity index (χ0v) is 12.6. The number of thioether (sulfide) groups is 1. The van der Waals surface area contributed by atoms with Gasteiger partial charge in [0.1, 0.15) is 0 Å². The summed E-state index contributed by atoms with van der Waals surface area (Å²) >= 11 is 13.4. The van der Waals surface area contributed by atoms with Crippen molar-refractivity contribution in [2.24, 2.45) is 5.73 Å². The second kappa shape index (κ2) is 6.66. The van der Waals surface area contributed by atoms with Crippen LogP contribution >= 0.6 is 35.0 Å². The Hall–Kier alpha value is -0.420. The van der Waals surface area contributed by atoms with Crippen molar-refractivity contribution >= 4 is 40.9 Å². The van der Waals surface area contributed by atoms with E-state index in [2.05, 4.69) is 5.32 Å². The van der Waals surface area contributed by atoms with E-state index in [1.54, 1.807) is 31.8 Å². The van der Waals surface area contributed by atoms with Crippen molar-refractivity contribution in [2.45, 2.75) is 23.8 Å². The van der Waals surface area contributed by atoms with Crippen molar-refractivity contribution < 1.29 is 4.79 Å². The standard InChI is InChI=1S/C12H16Cl2N2OS/c1-12(16-2,11(15)17)5-6-18-8-3-4-9(13)10(14)7-8/h3-4,7,16H,5-6H2,1-2H3,(H2,15,17). The molecule has 3 N–H and O–H groups in total. The van der Waals surface area contributed by atoms with Crippen LogP contribution in [0.4, 0.5) is 0 Å². The highest BCUT2D eigenvalue weighted by molar-refractivity contribution is 7.99. The second-order valence-corrected chi connectivity index (χ2v) is 6.10. The summed E-state index contributed by atoms with van der Waals surface area (Å²) in [7, 11) is 1.73. The number of primary amides is 1. The number of likely N-dealkylation sites (N-methyl/N-ethyl adjacent to an activating group) is 1. The van der Waals surface area contributed by atoms with Gasteiger partial charge >= 0.3 is 0 Å². The molecule has 1 atom stereocenters. The Morgan fingerprint density at radius 1 is 1.44 bits per heavy atom. The first-order valence-corrected chi connectivity index (χ1v) is 7.20. The lowest BCUT2D eigenvalue weighted by Crippen LogP contribution is -2.51. The topological polar surface area (TPSA) is 55.1 Å². The van der Waals surface area contributed by atoms with E-state index in [1.807, 2.05) is 12.1 Å². The normalized spacial score (nSPS) is 14.2. The van der Waals surface area contributed by atoms with Crippen LogP contribution in [0, 0.1) is 0 Å². The number of carbonyl (C=O) groups is 1. The molecular weight excluding hydrogens is 291 g/mol. The first-order chi connectivity index (χ1) is 8.39. The van der Waals surface area contributed by atoms with Crippen LogP contribution in [0.2, 0.25) is 10.0 Å². The van der Waals surface area contributed by atoms with Crippen LogP contribution < -0.4 is 11.1 Å². The Balaban J connectivity index is 2.56. The van der Waals surface area contributed by atoms with Crippen LogP contribution in [-0.4, -0.2) is 24.2 Å². The average Bonchev–Trinajstić information content (AvgIpc) is 2.33. The molecule has 0 spiro atoms. The molecular formula is C12H16Cl2N2OS. The molecule has 18 heavy (non-hydrogen) atoms. The summed E-state index contributed by atoms with van der Waals surface area (Å²) < 4.78 is 0. The summed E-state index contributed by atoms with van der Waals surface area (Å²) in [4.78, 5) is 12.3. The minimum Gasteiger partial charge on any atom is -0.368 e. The maximum atomic E-state index is 11.3. The van der Waals surface area contributed by atoms with E-state index in [0.29, 0.717) is 16.5 Å². The Labute approximate surface area is 121 Å². The third-order valence-corrected chi connectivity index (χ3v) is 4.59. The average molecular weight is 307 g/mol. The minimum absolute atomic E-state index is 0.347. The highest BCUT2D eigenvalue weighted by Gasteiger charge is 2.28. The summed E-state index contributed by atoms with van der Waals surface area (Å²) in [6.07, 6.45) is 0.643. The van der Waals surface area contributed by atoms with Gasteiger partial charge in [-0.05, 0) is 38.6 Å². The molecule has 0 bridgehead atoms. The second-order valence-electron chi connectivity index (χ2n) is 4.12. The number of amides is 1. The molecule has 6 heteroatoms. The number of carbonyl (C=O) groups excluding carboxylic acids is 1. The van der Waals surface area contributed by atoms with E-state index < -0.39 is 5.54 Å². The van der Waals surface area contributed by atoms with Gasteiger partial charge in [0.15, 0.2) is 0 Å². The zero-order chi connectivity index (χ0) is 13.8. The molecule has 0 aliphatic rings. The third kappa shape index (κ3) is 4.05. The van der Waals surface area contributed by atoms with Gasteiger partial charge in [0.2, 0.25) is 5.91 Å². The Kier molecular flexibility index (Phi) is 5.79. The van der Waals surface area contributed by atoms with Crippen molar-refractivity contribution in [1.82, 2.24) is 5.32 Å². The number of nitrogens with two attached hydrogens (primary N) is 1. The lowest BCUT2D eigenvalue weighted by atomic mass is 9.99. The van der Waals surface area contributed by atoms with E-state index >= 15 is 0 Å². The molecule has 0 saturated heterocycles. The third-order valence-electron chi connectivity index (χ3n) is 2.86. The highest BCUT2D eigenvalue weighted by atomic mass is 35.5. The molecule has 0 fully saturated rings. The van der Waals surface area contributed by atoms with Gasteiger partial charge in [-0.1, -0.05) is 23.2 Å². The van der Waals surface area contributed by atoms with Crippen molar-refractivity contribution in [3.63, 3.8) is 0 Å². The number of halogens is 2. The first kappa shape index (κ1) is 15.6. The predicted octanol–water partition coefficient (Wildman–Crippen LogP) is 2.94. The molecule has 1 amide bonds. The number of benzene rings is 1. The Morgan fingerprint density at radius 3 is 2.61 bits per heavy atom. The van der Waals surface area contributed by atoms with Gasteiger partial charge in [-0.25, -0.2) is 0 Å². The smallest absolute Gasteiger partial charge is 0.237 e. The fourth-order valence-electron chi connectivity index (χ4n) is 1.31. The molecule has 0 aliphatic heterocycles. The van der Waals surface area contributed by atoms with Crippen LogP contribution in [0.3, 0.4) is 0 Å². The summed E-state index contributed by atoms with van der Waals surface area (Å²) in [6.45, 7) is 1.80. The van der Waals surface area contributed by atoms with Crippen LogP contribution in [0.15, 0.2) is 23.1 Å². The van der Waals surface area contributed by atoms with Gasteiger partial charge in [0.05, 0.1) is 15.6 Å². The molecule has 1 rings (SSSR count). The van der Waals surface area contributed by atoms with Gasteiger partial charge in [-0.15, -0.1) is 11.8 Å². The monoisotopic (exact) mass is 306 g/mol. The molecule has 3 nitrogen and oxygen atoms in total. The van der Waals surface area contributed by atoms with Gasteiger partial charge < -0.3 is 11.1 Å². The van der Waals surface area contributed by atoms with Gasteiger partial charge in [-0.2, -0.15) is 0 Å². The van der Waals surface area contributed by atoms with Gasteiger partial charge in [0.25, 0.3) is 0 Å². The lowest BCUT2D eigenvalue weighted by Gasteiger charge is -2.25. The molecule has 1 aromatic carbocycles. The summed E-state index contributed by atoms with van der Waals surface area (Å²) in [5, 5.41) is 4.02. The number of rotatable bonds is 6. The first-order valence-electron chi connectivity index (χ1n) is 5.46. The minimum atomic E-state index is -0.677. The van der Waals surface area contributed by atoms with Gasteiger partial charge in [0, 0.05) is 10.6 Å². The van der Waals surface area contributed by atoms with Crippen molar-refractivity contribution in [3.05, 3.63) is 28.2 Å². The molecule has 0 saturated carbocycles. The summed E-state index contributed by atoms with van der Waals surface area (Å²) in [5.74, 6) is 0.415. The van der Waals surface area contributed by atoms with E-state index in [4.69, 9.17) is 28.9 Å². The maximum absolute atomic E-state index is 11.3. The van der Waals surface area contributed by atoms with E-state index in [1.165, 1.54) is 0 Å². The van der Waals surface area contributed by atoms with E-state index in [9.17, 15) is 4.79 Å². The van der Waals surface area contributed by atoms with Crippen LogP contribution in [0.25, 0.3) is 0 Å². The van der Waals surface area contributed by atoms with Crippen LogP contribution in [0.1, 0.15) is 13.3 Å². The number of hydrogen-bond donors (Lipinski definition) is 2. The SMILES string of the molecule is CNC(C)(CCSc1ccc(Cl)c(Cl)c1)C(N)=O. The molecule has 0 aliphatic carbocycles. The molecule has 1 unspecified atom stereocenters. The van der Waals surface area contributed by atoms with E-state index in [0.717, 1.165) is 10.6 Å². The molecule has 0 heterocycles. The molecule has 0 aromatic heterocycles. The Bertz CT molecular complexity index is 442. The highest BCUT2D eigenvalue weighted by Crippen LogP contribution is 2.29. The fraction of sp³-hybridized carbons (Fsp3) is 0.417. The van der Waals surface area contributed by atoms with Crippen LogP contribution in [-0.2, 0) is 4.79 Å². The number of hydrogen-bond acceptors (Lipinski definition) is 3. The summed E-state index contributed by atoms with van der Waals surface area (Å²) in [5.41, 5.74) is 4.68.